The zero-order valence-corrected chi connectivity index (χ0v) is 12.3. The lowest BCUT2D eigenvalue weighted by molar-refractivity contribution is -0.136. The minimum atomic E-state index is -0.252. The Morgan fingerprint density at radius 1 is 1.20 bits per heavy atom. The van der Waals surface area contributed by atoms with Crippen LogP contribution in [0, 0.1) is 5.41 Å². The molecule has 2 aliphatic heterocycles. The predicted molar refractivity (Wildman–Crippen MR) is 73.8 cm³/mol. The second-order valence-corrected chi connectivity index (χ2v) is 5.90. The summed E-state index contributed by atoms with van der Waals surface area (Å²) in [6, 6.07) is 0. The van der Waals surface area contributed by atoms with Crippen molar-refractivity contribution in [2.24, 2.45) is 5.41 Å². The largest absolute Gasteiger partial charge is 0.347 e. The van der Waals surface area contributed by atoms with E-state index in [0.717, 1.165) is 32.2 Å². The molecule has 3 amide bonds. The molecular weight excluding hydrogens is 258 g/mol. The molecule has 2 rings (SSSR count). The number of rotatable bonds is 2. The standard InChI is InChI=1S/C14H23N3O3/c1-11(18)15-10-12(19)17-7-3-4-14(6-9-17)5-8-16(2)13(14)20/h3-10H2,1-2H3,(H,15,18)/t14-/m0/s1. The first kappa shape index (κ1) is 14.8. The van der Waals surface area contributed by atoms with Crippen LogP contribution in [0.4, 0.5) is 0 Å². The van der Waals surface area contributed by atoms with Gasteiger partial charge in [0, 0.05) is 33.6 Å². The van der Waals surface area contributed by atoms with E-state index in [1.54, 1.807) is 9.80 Å². The summed E-state index contributed by atoms with van der Waals surface area (Å²) in [6.07, 6.45) is 3.35. The number of nitrogens with one attached hydrogen (secondary N) is 1. The molecule has 0 aromatic carbocycles. The van der Waals surface area contributed by atoms with Gasteiger partial charge in [0.05, 0.1) is 12.0 Å². The van der Waals surface area contributed by atoms with Gasteiger partial charge in [-0.25, -0.2) is 0 Å². The van der Waals surface area contributed by atoms with E-state index >= 15 is 0 Å². The van der Waals surface area contributed by atoms with Crippen molar-refractivity contribution in [1.82, 2.24) is 15.1 Å². The molecule has 2 fully saturated rings. The first-order valence-electron chi connectivity index (χ1n) is 7.22. The Hall–Kier alpha value is -1.59. The van der Waals surface area contributed by atoms with Gasteiger partial charge in [-0.1, -0.05) is 0 Å². The molecule has 0 saturated carbocycles. The number of likely N-dealkylation sites (tertiary alicyclic amines) is 2. The lowest BCUT2D eigenvalue weighted by Crippen LogP contribution is -2.40. The number of carbonyl (C=O) groups is 3. The summed E-state index contributed by atoms with van der Waals surface area (Å²) in [5.41, 5.74) is -0.252. The number of nitrogens with zero attached hydrogens (tertiary/aromatic N) is 2. The number of hydrogen-bond donors (Lipinski definition) is 1. The maximum atomic E-state index is 12.3. The van der Waals surface area contributed by atoms with Gasteiger partial charge in [0.1, 0.15) is 0 Å². The van der Waals surface area contributed by atoms with Crippen molar-refractivity contribution in [3.8, 4) is 0 Å². The third-order valence-electron chi connectivity index (χ3n) is 4.51. The molecule has 1 atom stereocenters. The number of amides is 3. The van der Waals surface area contributed by atoms with Crippen molar-refractivity contribution in [2.45, 2.75) is 32.6 Å². The smallest absolute Gasteiger partial charge is 0.241 e. The molecule has 0 radical (unpaired) electrons. The highest BCUT2D eigenvalue weighted by Crippen LogP contribution is 2.40. The first-order valence-corrected chi connectivity index (χ1v) is 7.22. The Kier molecular flexibility index (Phi) is 4.30. The molecule has 6 heteroatoms. The molecule has 1 N–H and O–H groups in total. The minimum absolute atomic E-state index is 0.0518. The molecule has 112 valence electrons. The number of hydrogen-bond acceptors (Lipinski definition) is 3. The van der Waals surface area contributed by atoms with Crippen molar-refractivity contribution in [3.05, 3.63) is 0 Å². The first-order chi connectivity index (χ1) is 9.44. The molecule has 2 heterocycles. The van der Waals surface area contributed by atoms with Crippen molar-refractivity contribution in [1.29, 1.82) is 0 Å². The Labute approximate surface area is 119 Å². The summed E-state index contributed by atoms with van der Waals surface area (Å²) in [5.74, 6) is -0.0260. The summed E-state index contributed by atoms with van der Waals surface area (Å²) in [5, 5.41) is 2.53. The van der Waals surface area contributed by atoms with Gasteiger partial charge in [0.15, 0.2) is 0 Å². The van der Waals surface area contributed by atoms with Gasteiger partial charge in [0.2, 0.25) is 17.7 Å². The fourth-order valence-electron chi connectivity index (χ4n) is 3.21. The lowest BCUT2D eigenvalue weighted by Gasteiger charge is -2.25. The van der Waals surface area contributed by atoms with Crippen molar-refractivity contribution >= 4 is 17.7 Å². The highest BCUT2D eigenvalue weighted by molar-refractivity contribution is 5.85. The molecule has 0 aromatic rings. The molecule has 1 spiro atoms. The van der Waals surface area contributed by atoms with Gasteiger partial charge >= 0.3 is 0 Å². The summed E-state index contributed by atoms with van der Waals surface area (Å²) in [4.78, 5) is 38.7. The van der Waals surface area contributed by atoms with Crippen LogP contribution >= 0.6 is 0 Å². The van der Waals surface area contributed by atoms with E-state index in [0.29, 0.717) is 13.1 Å². The summed E-state index contributed by atoms with van der Waals surface area (Å²) < 4.78 is 0. The quantitative estimate of drug-likeness (QED) is 0.773. The normalized spacial score (nSPS) is 26.8. The Morgan fingerprint density at radius 2 is 1.90 bits per heavy atom. The monoisotopic (exact) mass is 281 g/mol. The second-order valence-electron chi connectivity index (χ2n) is 5.90. The van der Waals surface area contributed by atoms with E-state index in [1.165, 1.54) is 6.92 Å². The summed E-state index contributed by atoms with van der Waals surface area (Å²) in [7, 11) is 1.85. The lowest BCUT2D eigenvalue weighted by atomic mass is 9.79. The Bertz CT molecular complexity index is 424. The minimum Gasteiger partial charge on any atom is -0.347 e. The maximum absolute atomic E-state index is 12.3. The molecule has 0 bridgehead atoms. The zero-order valence-electron chi connectivity index (χ0n) is 12.3. The highest BCUT2D eigenvalue weighted by Gasteiger charge is 2.45. The Balaban J connectivity index is 1.94. The average Bonchev–Trinajstić information content (AvgIpc) is 2.61. The topological polar surface area (TPSA) is 69.7 Å². The van der Waals surface area contributed by atoms with E-state index in [9.17, 15) is 14.4 Å². The summed E-state index contributed by atoms with van der Waals surface area (Å²) in [6.45, 7) is 3.56. The highest BCUT2D eigenvalue weighted by atomic mass is 16.2. The third kappa shape index (κ3) is 2.94. The second kappa shape index (κ2) is 5.81. The van der Waals surface area contributed by atoms with Gasteiger partial charge in [0.25, 0.3) is 0 Å². The van der Waals surface area contributed by atoms with Crippen LogP contribution in [0.3, 0.4) is 0 Å². The predicted octanol–water partition coefficient (Wildman–Crippen LogP) is -0.0165. The zero-order chi connectivity index (χ0) is 14.8. The van der Waals surface area contributed by atoms with Crippen LogP contribution < -0.4 is 5.32 Å². The van der Waals surface area contributed by atoms with Gasteiger partial charge < -0.3 is 15.1 Å². The maximum Gasteiger partial charge on any atom is 0.241 e. The van der Waals surface area contributed by atoms with Gasteiger partial charge in [-0.05, 0) is 25.7 Å². The SMILES string of the molecule is CC(=O)NCC(=O)N1CCC[C@]2(CCN(C)C2=O)CC1. The van der Waals surface area contributed by atoms with Crippen molar-refractivity contribution < 1.29 is 14.4 Å². The molecule has 0 aromatic heterocycles. The van der Waals surface area contributed by atoms with Crippen LogP contribution in [0.2, 0.25) is 0 Å². The fraction of sp³-hybridized carbons (Fsp3) is 0.786. The summed E-state index contributed by atoms with van der Waals surface area (Å²) >= 11 is 0. The molecular formula is C14H23N3O3. The van der Waals surface area contributed by atoms with Crippen LogP contribution in [0.25, 0.3) is 0 Å². The Morgan fingerprint density at radius 3 is 2.50 bits per heavy atom. The van der Waals surface area contributed by atoms with E-state index < -0.39 is 0 Å². The fourth-order valence-corrected chi connectivity index (χ4v) is 3.21. The third-order valence-corrected chi connectivity index (χ3v) is 4.51. The van der Waals surface area contributed by atoms with Crippen LogP contribution in [-0.2, 0) is 14.4 Å². The van der Waals surface area contributed by atoms with Gasteiger partial charge in [-0.15, -0.1) is 0 Å². The molecule has 6 nitrogen and oxygen atoms in total. The molecule has 0 aliphatic carbocycles. The van der Waals surface area contributed by atoms with E-state index in [1.807, 2.05) is 7.05 Å². The molecule has 0 unspecified atom stereocenters. The molecule has 2 saturated heterocycles. The molecule has 20 heavy (non-hydrogen) atoms. The van der Waals surface area contributed by atoms with Crippen molar-refractivity contribution in [3.63, 3.8) is 0 Å². The van der Waals surface area contributed by atoms with Crippen LogP contribution in [0.5, 0.6) is 0 Å². The van der Waals surface area contributed by atoms with Gasteiger partial charge in [-0.2, -0.15) is 0 Å². The van der Waals surface area contributed by atoms with Crippen molar-refractivity contribution in [2.75, 3.05) is 33.2 Å². The number of carbonyl (C=O) groups excluding carboxylic acids is 3. The van der Waals surface area contributed by atoms with E-state index in [4.69, 9.17) is 0 Å². The van der Waals surface area contributed by atoms with Gasteiger partial charge in [-0.3, -0.25) is 14.4 Å². The average molecular weight is 281 g/mol. The van der Waals surface area contributed by atoms with Crippen LogP contribution in [-0.4, -0.2) is 60.7 Å². The van der Waals surface area contributed by atoms with Crippen LogP contribution in [0.1, 0.15) is 32.6 Å². The van der Waals surface area contributed by atoms with E-state index in [2.05, 4.69) is 5.32 Å². The molecule has 2 aliphatic rings. The van der Waals surface area contributed by atoms with Crippen LogP contribution in [0.15, 0.2) is 0 Å². The van der Waals surface area contributed by atoms with E-state index in [-0.39, 0.29) is 29.7 Å².